The Morgan fingerprint density at radius 3 is 2.30 bits per heavy atom. The molecule has 0 saturated heterocycles. The number of ether oxygens (including phenoxy) is 1. The average molecular weight is 403 g/mol. The summed E-state index contributed by atoms with van der Waals surface area (Å²) in [6.45, 7) is 0. The van der Waals surface area contributed by atoms with Crippen LogP contribution >= 0.6 is 23.4 Å². The van der Waals surface area contributed by atoms with Crippen LogP contribution in [0.25, 0.3) is 0 Å². The standard InChI is InChI=1S/C11H12ClFN2O5S3/c1-22(16,17)8-3-2-7(23(15,18)19)9(14)10(8)20-11(12)4-6(13)5-21-11/h2-3,5H,4,14H2,1H3,(H2,15,18,19). The molecule has 1 aromatic carbocycles. The normalized spacial score (nSPS) is 22.0. The number of primary sulfonamides is 1. The van der Waals surface area contributed by atoms with Gasteiger partial charge in [-0.05, 0) is 12.1 Å². The molecule has 1 aromatic rings. The van der Waals surface area contributed by atoms with Crippen molar-refractivity contribution < 1.29 is 26.0 Å². The van der Waals surface area contributed by atoms with Crippen molar-refractivity contribution in [3.8, 4) is 5.75 Å². The third-order valence-corrected chi connectivity index (χ3v) is 6.34. The van der Waals surface area contributed by atoms with Crippen molar-refractivity contribution in [2.75, 3.05) is 12.0 Å². The summed E-state index contributed by atoms with van der Waals surface area (Å²) in [7, 11) is -8.04. The van der Waals surface area contributed by atoms with Gasteiger partial charge >= 0.3 is 0 Å². The number of nitrogens with two attached hydrogens (primary N) is 2. The van der Waals surface area contributed by atoms with E-state index in [4.69, 9.17) is 27.2 Å². The number of hydrogen-bond donors (Lipinski definition) is 2. The number of hydrogen-bond acceptors (Lipinski definition) is 7. The topological polar surface area (TPSA) is 130 Å². The summed E-state index contributed by atoms with van der Waals surface area (Å²) in [4.78, 5) is -0.896. The minimum absolute atomic E-state index is 0.346. The number of sulfone groups is 1. The van der Waals surface area contributed by atoms with Crippen LogP contribution < -0.4 is 15.6 Å². The van der Waals surface area contributed by atoms with Gasteiger partial charge in [-0.15, -0.1) is 0 Å². The van der Waals surface area contributed by atoms with Crippen molar-refractivity contribution in [2.45, 2.75) is 20.6 Å². The Morgan fingerprint density at radius 1 is 1.30 bits per heavy atom. The highest BCUT2D eigenvalue weighted by atomic mass is 35.5. The number of thioether (sulfide) groups is 1. The third-order valence-electron chi connectivity index (χ3n) is 2.82. The molecule has 0 fully saturated rings. The molecule has 128 valence electrons. The Morgan fingerprint density at radius 2 is 1.87 bits per heavy atom. The molecule has 0 amide bonds. The Bertz CT molecular complexity index is 900. The van der Waals surface area contributed by atoms with Gasteiger partial charge in [0.25, 0.3) is 0 Å². The molecule has 7 nitrogen and oxygen atoms in total. The van der Waals surface area contributed by atoms with Gasteiger partial charge in [-0.1, -0.05) is 23.4 Å². The number of anilines is 1. The summed E-state index contributed by atoms with van der Waals surface area (Å²) in [5.74, 6) is -1.04. The van der Waals surface area contributed by atoms with Gasteiger partial charge in [0.05, 0.1) is 12.1 Å². The van der Waals surface area contributed by atoms with Gasteiger partial charge in [-0.2, -0.15) is 0 Å². The van der Waals surface area contributed by atoms with Crippen LogP contribution in [0, 0.1) is 0 Å². The molecule has 1 atom stereocenters. The van der Waals surface area contributed by atoms with E-state index >= 15 is 0 Å². The molecule has 1 aliphatic heterocycles. The Labute approximate surface area is 141 Å². The molecule has 4 N–H and O–H groups in total. The van der Waals surface area contributed by atoms with Gasteiger partial charge in [-0.25, -0.2) is 26.4 Å². The maximum atomic E-state index is 13.2. The first kappa shape index (κ1) is 18.3. The van der Waals surface area contributed by atoms with E-state index in [-0.39, 0.29) is 11.3 Å². The quantitative estimate of drug-likeness (QED) is 0.577. The van der Waals surface area contributed by atoms with Gasteiger partial charge in [0.15, 0.2) is 15.6 Å². The van der Waals surface area contributed by atoms with Crippen LogP contribution in [0.15, 0.2) is 33.2 Å². The summed E-state index contributed by atoms with van der Waals surface area (Å²) in [5, 5.41) is 6.13. The fourth-order valence-electron chi connectivity index (χ4n) is 1.86. The summed E-state index contributed by atoms with van der Waals surface area (Å²) in [6, 6.07) is 1.94. The molecule has 1 aliphatic rings. The smallest absolute Gasteiger partial charge is 0.240 e. The second-order valence-corrected chi connectivity index (χ2v) is 10.2. The molecular weight excluding hydrogens is 391 g/mol. The second-order valence-electron chi connectivity index (χ2n) is 4.74. The first-order chi connectivity index (χ1) is 10.3. The van der Waals surface area contributed by atoms with E-state index in [1.165, 1.54) is 0 Å². The molecule has 0 radical (unpaired) electrons. The lowest BCUT2D eigenvalue weighted by atomic mass is 10.3. The number of halogens is 2. The number of nitrogen functional groups attached to an aromatic ring is 1. The Kier molecular flexibility index (Phi) is 4.63. The average Bonchev–Trinajstić information content (AvgIpc) is 2.68. The molecule has 1 heterocycles. The minimum atomic E-state index is -4.22. The largest absolute Gasteiger partial charge is 0.458 e. The van der Waals surface area contributed by atoms with Gasteiger partial charge in [0.1, 0.15) is 15.6 Å². The van der Waals surface area contributed by atoms with Gasteiger partial charge in [0.2, 0.25) is 14.4 Å². The molecule has 23 heavy (non-hydrogen) atoms. The summed E-state index contributed by atoms with van der Waals surface area (Å²) < 4.78 is 63.7. The van der Waals surface area contributed by atoms with Gasteiger partial charge < -0.3 is 10.5 Å². The van der Waals surface area contributed by atoms with E-state index < -0.39 is 46.4 Å². The van der Waals surface area contributed by atoms with Crippen molar-refractivity contribution in [3.05, 3.63) is 23.4 Å². The Hall–Kier alpha value is -1.01. The van der Waals surface area contributed by atoms with E-state index in [0.717, 1.165) is 35.6 Å². The third kappa shape index (κ3) is 3.91. The van der Waals surface area contributed by atoms with Crippen molar-refractivity contribution in [2.24, 2.45) is 5.14 Å². The van der Waals surface area contributed by atoms with E-state index in [1.54, 1.807) is 0 Å². The van der Waals surface area contributed by atoms with Crippen LogP contribution in [0.5, 0.6) is 5.75 Å². The van der Waals surface area contributed by atoms with Gasteiger partial charge in [0, 0.05) is 11.7 Å². The highest BCUT2D eigenvalue weighted by Gasteiger charge is 2.39. The molecule has 2 rings (SSSR count). The zero-order valence-corrected chi connectivity index (χ0v) is 14.8. The zero-order chi connectivity index (χ0) is 17.6. The fourth-order valence-corrected chi connectivity index (χ4v) is 4.40. The molecule has 0 spiro atoms. The molecule has 0 aliphatic carbocycles. The SMILES string of the molecule is CS(=O)(=O)c1ccc(S(N)(=O)=O)c(N)c1OC1(Cl)CC(F)=CS1. The highest BCUT2D eigenvalue weighted by molar-refractivity contribution is 8.04. The van der Waals surface area contributed by atoms with Crippen LogP contribution in [-0.4, -0.2) is 27.5 Å². The molecule has 1 unspecified atom stereocenters. The summed E-state index contributed by atoms with van der Waals surface area (Å²) >= 11 is 6.84. The Balaban J connectivity index is 2.64. The molecule has 0 aromatic heterocycles. The zero-order valence-electron chi connectivity index (χ0n) is 11.6. The predicted octanol–water partition coefficient (Wildman–Crippen LogP) is 1.54. The molecular formula is C11H12ClFN2O5S3. The number of rotatable bonds is 4. The second kappa shape index (κ2) is 5.81. The fraction of sp³-hybridized carbons (Fsp3) is 0.273. The van der Waals surface area contributed by atoms with Crippen molar-refractivity contribution in [3.63, 3.8) is 0 Å². The first-order valence-electron chi connectivity index (χ1n) is 5.89. The van der Waals surface area contributed by atoms with Crippen molar-refractivity contribution in [1.82, 2.24) is 0 Å². The van der Waals surface area contributed by atoms with Crippen LogP contribution in [-0.2, 0) is 19.9 Å². The number of benzene rings is 1. The molecule has 12 heteroatoms. The predicted molar refractivity (Wildman–Crippen MR) is 85.9 cm³/mol. The highest BCUT2D eigenvalue weighted by Crippen LogP contribution is 2.48. The summed E-state index contributed by atoms with van der Waals surface area (Å²) in [6.07, 6.45) is 0.536. The van der Waals surface area contributed by atoms with Crippen LogP contribution in [0.4, 0.5) is 10.1 Å². The maximum absolute atomic E-state index is 13.2. The van der Waals surface area contributed by atoms with E-state index in [0.29, 0.717) is 0 Å². The maximum Gasteiger partial charge on any atom is 0.240 e. The van der Waals surface area contributed by atoms with Crippen molar-refractivity contribution in [1.29, 1.82) is 0 Å². The van der Waals surface area contributed by atoms with E-state index in [9.17, 15) is 21.2 Å². The van der Waals surface area contributed by atoms with Gasteiger partial charge in [-0.3, -0.25) is 0 Å². The monoisotopic (exact) mass is 402 g/mol. The lowest BCUT2D eigenvalue weighted by Gasteiger charge is -2.24. The summed E-state index contributed by atoms with van der Waals surface area (Å²) in [5.41, 5.74) is 5.20. The molecule has 0 saturated carbocycles. The number of alkyl halides is 1. The van der Waals surface area contributed by atoms with Crippen LogP contribution in [0.2, 0.25) is 0 Å². The van der Waals surface area contributed by atoms with Crippen LogP contribution in [0.3, 0.4) is 0 Å². The van der Waals surface area contributed by atoms with Crippen LogP contribution in [0.1, 0.15) is 6.42 Å². The number of sulfonamides is 1. The van der Waals surface area contributed by atoms with E-state index in [2.05, 4.69) is 0 Å². The lowest BCUT2D eigenvalue weighted by Crippen LogP contribution is -2.25. The minimum Gasteiger partial charge on any atom is -0.458 e. The lowest BCUT2D eigenvalue weighted by molar-refractivity contribution is 0.239. The first-order valence-corrected chi connectivity index (χ1v) is 10.6. The van der Waals surface area contributed by atoms with Crippen molar-refractivity contribution >= 4 is 48.9 Å². The van der Waals surface area contributed by atoms with E-state index in [1.807, 2.05) is 0 Å². The molecule has 0 bridgehead atoms.